The van der Waals surface area contributed by atoms with Gasteiger partial charge in [0.05, 0.1) is 19.2 Å². The van der Waals surface area contributed by atoms with Crippen LogP contribution in [-0.4, -0.2) is 27.0 Å². The second-order valence-electron chi connectivity index (χ2n) is 7.47. The Labute approximate surface area is 196 Å². The van der Waals surface area contributed by atoms with Crippen molar-refractivity contribution in [1.82, 2.24) is 20.3 Å². The lowest BCUT2D eigenvalue weighted by molar-refractivity contribution is -0.140. The molecule has 34 heavy (non-hydrogen) atoms. The van der Waals surface area contributed by atoms with E-state index in [9.17, 15) is 18.0 Å². The highest BCUT2D eigenvalue weighted by molar-refractivity contribution is 7.09. The first kappa shape index (κ1) is 23.6. The molecule has 3 heterocycles. The van der Waals surface area contributed by atoms with Gasteiger partial charge in [-0.25, -0.2) is 15.0 Å². The number of halogens is 3. The second kappa shape index (κ2) is 9.39. The number of oxazole rings is 1. The third kappa shape index (κ3) is 4.87. The highest BCUT2D eigenvalue weighted by atomic mass is 32.1. The Morgan fingerprint density at radius 2 is 2.03 bits per heavy atom. The smallest absolute Gasteiger partial charge is 0.433 e. The molecule has 1 aromatic carbocycles. The molecule has 12 heteroatoms. The zero-order valence-corrected chi connectivity index (χ0v) is 19.0. The summed E-state index contributed by atoms with van der Waals surface area (Å²) in [5.41, 5.74) is 5.04. The van der Waals surface area contributed by atoms with Crippen LogP contribution < -0.4 is 15.8 Å². The number of fused-ring (bicyclic) bond motifs is 1. The number of pyridine rings is 1. The molecule has 4 aromatic rings. The van der Waals surface area contributed by atoms with Gasteiger partial charge in [0.2, 0.25) is 5.89 Å². The minimum Gasteiger partial charge on any atom is -0.489 e. The summed E-state index contributed by atoms with van der Waals surface area (Å²) in [7, 11) is 0. The number of nitrogens with one attached hydrogen (secondary N) is 1. The lowest BCUT2D eigenvalue weighted by Gasteiger charge is -2.14. The van der Waals surface area contributed by atoms with E-state index in [0.717, 1.165) is 6.07 Å². The molecule has 0 fully saturated rings. The van der Waals surface area contributed by atoms with Gasteiger partial charge in [-0.15, -0.1) is 11.3 Å². The second-order valence-corrected chi connectivity index (χ2v) is 8.45. The normalized spacial score (nSPS) is 11.9. The molecular formula is C22H20F3N5O3S. The van der Waals surface area contributed by atoms with Gasteiger partial charge in [0.15, 0.2) is 11.5 Å². The number of carbonyl (C=O) groups is 1. The van der Waals surface area contributed by atoms with E-state index in [1.807, 2.05) is 0 Å². The summed E-state index contributed by atoms with van der Waals surface area (Å²) in [6.07, 6.45) is -3.29. The van der Waals surface area contributed by atoms with Crippen LogP contribution in [0.1, 0.15) is 40.8 Å². The van der Waals surface area contributed by atoms with Gasteiger partial charge < -0.3 is 20.2 Å². The Morgan fingerprint density at radius 3 is 2.68 bits per heavy atom. The standard InChI is InChI=1S/C22H20F3N5O3S/c1-11(2)32-14-5-3-13(12-4-6-16(22(23,24)25)29-18(12)14)21-30-19(15(9-26)33-21)20(31)28-10-17-27-7-8-34-17/h3-8,11H,9-10,26H2,1-2H3,(H,28,31). The molecule has 0 aliphatic heterocycles. The minimum absolute atomic E-state index is 0.00305. The predicted octanol–water partition coefficient (Wildman–Crippen LogP) is 4.54. The summed E-state index contributed by atoms with van der Waals surface area (Å²) >= 11 is 1.39. The predicted molar refractivity (Wildman–Crippen MR) is 119 cm³/mol. The minimum atomic E-state index is -4.63. The highest BCUT2D eigenvalue weighted by Crippen LogP contribution is 2.37. The summed E-state index contributed by atoms with van der Waals surface area (Å²) in [4.78, 5) is 24.9. The molecular weight excluding hydrogens is 471 g/mol. The number of nitrogens with zero attached hydrogens (tertiary/aromatic N) is 3. The van der Waals surface area contributed by atoms with Gasteiger partial charge in [-0.1, -0.05) is 0 Å². The van der Waals surface area contributed by atoms with E-state index in [1.54, 1.807) is 31.5 Å². The number of thiazole rings is 1. The van der Waals surface area contributed by atoms with Crippen molar-refractivity contribution in [2.75, 3.05) is 0 Å². The quantitative estimate of drug-likeness (QED) is 0.390. The van der Waals surface area contributed by atoms with Gasteiger partial charge in [0, 0.05) is 22.5 Å². The van der Waals surface area contributed by atoms with Gasteiger partial charge in [0.1, 0.15) is 22.0 Å². The first-order valence-corrected chi connectivity index (χ1v) is 11.1. The summed E-state index contributed by atoms with van der Waals surface area (Å²) in [6.45, 7) is 3.62. The van der Waals surface area contributed by atoms with Gasteiger partial charge in [-0.3, -0.25) is 4.79 Å². The molecule has 0 radical (unpaired) electrons. The summed E-state index contributed by atoms with van der Waals surface area (Å²) in [6, 6.07) is 5.25. The van der Waals surface area contributed by atoms with Crippen LogP contribution in [0, 0.1) is 0 Å². The number of carbonyl (C=O) groups excluding carboxylic acids is 1. The number of benzene rings is 1. The van der Waals surface area contributed by atoms with Gasteiger partial charge in [-0.05, 0) is 38.1 Å². The van der Waals surface area contributed by atoms with Crippen LogP contribution in [-0.2, 0) is 19.3 Å². The number of amides is 1. The summed E-state index contributed by atoms with van der Waals surface area (Å²) in [5.74, 6) is -0.149. The van der Waals surface area contributed by atoms with Crippen molar-refractivity contribution in [3.8, 4) is 17.2 Å². The third-order valence-electron chi connectivity index (χ3n) is 4.69. The van der Waals surface area contributed by atoms with E-state index in [4.69, 9.17) is 14.9 Å². The van der Waals surface area contributed by atoms with E-state index in [0.29, 0.717) is 16.0 Å². The SMILES string of the molecule is CC(C)Oc1ccc(-c2nc(C(=O)NCc3nccs3)c(CN)o2)c2ccc(C(F)(F)F)nc12. The maximum absolute atomic E-state index is 13.3. The van der Waals surface area contributed by atoms with E-state index in [1.165, 1.54) is 23.5 Å². The van der Waals surface area contributed by atoms with Crippen LogP contribution in [0.4, 0.5) is 13.2 Å². The molecule has 1 amide bonds. The number of aromatic nitrogens is 3. The first-order chi connectivity index (χ1) is 16.2. The molecule has 0 spiro atoms. The molecule has 3 N–H and O–H groups in total. The number of hydrogen-bond acceptors (Lipinski definition) is 8. The molecule has 0 atom stereocenters. The molecule has 0 aliphatic carbocycles. The Kier molecular flexibility index (Phi) is 6.53. The summed E-state index contributed by atoms with van der Waals surface area (Å²) < 4.78 is 51.3. The summed E-state index contributed by atoms with van der Waals surface area (Å²) in [5, 5.41) is 5.53. The number of alkyl halides is 3. The number of rotatable bonds is 7. The van der Waals surface area contributed by atoms with Crippen molar-refractivity contribution in [3.05, 3.63) is 58.0 Å². The monoisotopic (exact) mass is 491 g/mol. The Hall–Kier alpha value is -3.51. The fourth-order valence-electron chi connectivity index (χ4n) is 3.25. The maximum atomic E-state index is 13.3. The molecule has 0 saturated heterocycles. The van der Waals surface area contributed by atoms with Crippen molar-refractivity contribution < 1.29 is 27.1 Å². The molecule has 0 unspecified atom stereocenters. The van der Waals surface area contributed by atoms with Gasteiger partial charge in [-0.2, -0.15) is 13.2 Å². The van der Waals surface area contributed by atoms with Crippen molar-refractivity contribution in [2.45, 2.75) is 39.2 Å². The van der Waals surface area contributed by atoms with Crippen LogP contribution in [0.2, 0.25) is 0 Å². The lowest BCUT2D eigenvalue weighted by atomic mass is 10.1. The molecule has 0 aliphatic rings. The third-order valence-corrected chi connectivity index (χ3v) is 5.46. The topological polar surface area (TPSA) is 116 Å². The Bertz CT molecular complexity index is 1320. The largest absolute Gasteiger partial charge is 0.489 e. The van der Waals surface area contributed by atoms with Crippen molar-refractivity contribution >= 4 is 28.1 Å². The number of nitrogens with two attached hydrogens (primary N) is 1. The lowest BCUT2D eigenvalue weighted by Crippen LogP contribution is -2.24. The average molecular weight is 491 g/mol. The fourth-order valence-corrected chi connectivity index (χ4v) is 3.80. The van der Waals surface area contributed by atoms with E-state index < -0.39 is 17.8 Å². The molecule has 8 nitrogen and oxygen atoms in total. The highest BCUT2D eigenvalue weighted by Gasteiger charge is 2.33. The molecule has 0 saturated carbocycles. The van der Waals surface area contributed by atoms with Crippen LogP contribution in [0.5, 0.6) is 5.75 Å². The van der Waals surface area contributed by atoms with E-state index in [2.05, 4.69) is 20.3 Å². The van der Waals surface area contributed by atoms with Crippen molar-refractivity contribution in [2.24, 2.45) is 5.73 Å². The zero-order valence-electron chi connectivity index (χ0n) is 18.1. The zero-order chi connectivity index (χ0) is 24.5. The molecule has 4 rings (SSSR count). The molecule has 0 bridgehead atoms. The van der Waals surface area contributed by atoms with Crippen LogP contribution >= 0.6 is 11.3 Å². The average Bonchev–Trinajstić information content (AvgIpc) is 3.46. The maximum Gasteiger partial charge on any atom is 0.433 e. The number of ether oxygens (including phenoxy) is 1. The fraction of sp³-hybridized carbons (Fsp3) is 0.273. The Balaban J connectivity index is 1.76. The van der Waals surface area contributed by atoms with Crippen molar-refractivity contribution in [3.63, 3.8) is 0 Å². The van der Waals surface area contributed by atoms with E-state index in [-0.39, 0.29) is 47.8 Å². The van der Waals surface area contributed by atoms with Gasteiger partial charge in [0.25, 0.3) is 5.91 Å². The van der Waals surface area contributed by atoms with Crippen LogP contribution in [0.15, 0.2) is 40.3 Å². The Morgan fingerprint density at radius 1 is 1.24 bits per heavy atom. The van der Waals surface area contributed by atoms with Crippen molar-refractivity contribution in [1.29, 1.82) is 0 Å². The van der Waals surface area contributed by atoms with Crippen LogP contribution in [0.25, 0.3) is 22.4 Å². The van der Waals surface area contributed by atoms with E-state index >= 15 is 0 Å². The first-order valence-electron chi connectivity index (χ1n) is 10.2. The molecule has 3 aromatic heterocycles. The van der Waals surface area contributed by atoms with Gasteiger partial charge >= 0.3 is 6.18 Å². The van der Waals surface area contributed by atoms with Crippen LogP contribution in [0.3, 0.4) is 0 Å². The molecule has 178 valence electrons. The number of hydrogen-bond donors (Lipinski definition) is 2.